The summed E-state index contributed by atoms with van der Waals surface area (Å²) in [6.07, 6.45) is 2.52. The van der Waals surface area contributed by atoms with E-state index in [4.69, 9.17) is 0 Å². The summed E-state index contributed by atoms with van der Waals surface area (Å²) < 4.78 is 22.9. The number of rotatable bonds is 5. The molecule has 0 aromatic heterocycles. The summed E-state index contributed by atoms with van der Waals surface area (Å²) in [5.41, 5.74) is -0.792. The first kappa shape index (κ1) is 15.3. The predicted molar refractivity (Wildman–Crippen MR) is 74.6 cm³/mol. The molecule has 0 bridgehead atoms. The molecule has 0 aromatic carbocycles. The van der Waals surface area contributed by atoms with Crippen molar-refractivity contribution in [2.75, 3.05) is 25.1 Å². The van der Waals surface area contributed by atoms with Crippen LogP contribution in [0, 0.1) is 17.2 Å². The Morgan fingerprint density at radius 1 is 1.45 bits per heavy atom. The van der Waals surface area contributed by atoms with Gasteiger partial charge in [0.25, 0.3) is 0 Å². The van der Waals surface area contributed by atoms with E-state index in [1.54, 1.807) is 18.9 Å². The largest absolute Gasteiger partial charge is 0.337 e. The number of nitriles is 1. The zero-order chi connectivity index (χ0) is 15.0. The van der Waals surface area contributed by atoms with Crippen molar-refractivity contribution in [2.24, 2.45) is 5.92 Å². The number of hydrogen-bond donors (Lipinski definition) is 1. The third-order valence-corrected chi connectivity index (χ3v) is 6.00. The van der Waals surface area contributed by atoms with E-state index in [0.29, 0.717) is 6.42 Å². The maximum atomic E-state index is 12.0. The lowest BCUT2D eigenvalue weighted by Gasteiger charge is -2.27. The standard InChI is InChI=1S/C13H21N3O3S/c1-13(9-14,10-3-4-10)15-12(17)7-16(2)11-5-6-20(18,19)8-11/h10-11H,3-8H2,1-2H3,(H,15,17). The topological polar surface area (TPSA) is 90.3 Å². The van der Waals surface area contributed by atoms with Gasteiger partial charge in [-0.3, -0.25) is 9.69 Å². The van der Waals surface area contributed by atoms with Gasteiger partial charge < -0.3 is 5.32 Å². The Morgan fingerprint density at radius 2 is 2.10 bits per heavy atom. The van der Waals surface area contributed by atoms with Crippen molar-refractivity contribution in [3.05, 3.63) is 0 Å². The van der Waals surface area contributed by atoms with Gasteiger partial charge in [0.15, 0.2) is 9.84 Å². The van der Waals surface area contributed by atoms with Crippen molar-refractivity contribution in [2.45, 2.75) is 37.8 Å². The number of amides is 1. The summed E-state index contributed by atoms with van der Waals surface area (Å²) in [6.45, 7) is 1.88. The molecular weight excluding hydrogens is 278 g/mol. The monoisotopic (exact) mass is 299 g/mol. The second-order valence-corrected chi connectivity index (χ2v) is 8.34. The van der Waals surface area contributed by atoms with Crippen LogP contribution < -0.4 is 5.32 Å². The molecule has 112 valence electrons. The lowest BCUT2D eigenvalue weighted by atomic mass is 9.98. The second-order valence-electron chi connectivity index (χ2n) is 6.11. The minimum absolute atomic E-state index is 0.0972. The molecule has 2 rings (SSSR count). The first-order valence-electron chi connectivity index (χ1n) is 6.89. The van der Waals surface area contributed by atoms with E-state index < -0.39 is 15.4 Å². The Balaban J connectivity index is 1.87. The smallest absolute Gasteiger partial charge is 0.235 e. The molecule has 20 heavy (non-hydrogen) atoms. The SMILES string of the molecule is CN(CC(=O)NC(C)(C#N)C1CC1)C1CCS(=O)(=O)C1. The Morgan fingerprint density at radius 3 is 2.55 bits per heavy atom. The van der Waals surface area contributed by atoms with E-state index in [-0.39, 0.29) is 35.9 Å². The highest BCUT2D eigenvalue weighted by Crippen LogP contribution is 2.39. The van der Waals surface area contributed by atoms with Gasteiger partial charge in [-0.15, -0.1) is 0 Å². The maximum Gasteiger partial charge on any atom is 0.235 e. The third kappa shape index (κ3) is 3.49. The van der Waals surface area contributed by atoms with Crippen LogP contribution >= 0.6 is 0 Å². The number of sulfone groups is 1. The molecule has 2 fully saturated rings. The van der Waals surface area contributed by atoms with Gasteiger partial charge in [-0.1, -0.05) is 0 Å². The Labute approximate surface area is 120 Å². The molecule has 0 aromatic rings. The van der Waals surface area contributed by atoms with Crippen LogP contribution in [-0.4, -0.2) is 55.9 Å². The van der Waals surface area contributed by atoms with E-state index in [0.717, 1.165) is 12.8 Å². The molecule has 1 saturated heterocycles. The third-order valence-electron chi connectivity index (χ3n) is 4.25. The van der Waals surface area contributed by atoms with E-state index in [9.17, 15) is 18.5 Å². The second kappa shape index (κ2) is 5.34. The zero-order valence-corrected chi connectivity index (χ0v) is 12.7. The summed E-state index contributed by atoms with van der Waals surface area (Å²) in [6, 6.07) is 2.08. The summed E-state index contributed by atoms with van der Waals surface area (Å²) in [5.74, 6) is 0.345. The highest BCUT2D eigenvalue weighted by Gasteiger charge is 2.43. The minimum atomic E-state index is -2.95. The maximum absolute atomic E-state index is 12.0. The van der Waals surface area contributed by atoms with Crippen molar-refractivity contribution in [1.82, 2.24) is 10.2 Å². The first-order valence-corrected chi connectivity index (χ1v) is 8.71. The van der Waals surface area contributed by atoms with E-state index in [1.807, 2.05) is 0 Å². The Kier molecular flexibility index (Phi) is 4.07. The number of likely N-dealkylation sites (N-methyl/N-ethyl adjacent to an activating group) is 1. The fraction of sp³-hybridized carbons (Fsp3) is 0.846. The zero-order valence-electron chi connectivity index (χ0n) is 11.9. The number of carbonyl (C=O) groups is 1. The summed E-state index contributed by atoms with van der Waals surface area (Å²) >= 11 is 0. The van der Waals surface area contributed by atoms with Gasteiger partial charge in [-0.25, -0.2) is 8.42 Å². The molecule has 1 N–H and O–H groups in total. The van der Waals surface area contributed by atoms with E-state index >= 15 is 0 Å². The molecule has 0 radical (unpaired) electrons. The minimum Gasteiger partial charge on any atom is -0.337 e. The molecule has 1 saturated carbocycles. The molecule has 1 amide bonds. The molecule has 0 spiro atoms. The van der Waals surface area contributed by atoms with Crippen LogP contribution in [0.25, 0.3) is 0 Å². The lowest BCUT2D eigenvalue weighted by Crippen LogP contribution is -2.51. The fourth-order valence-corrected chi connectivity index (χ4v) is 4.50. The molecular formula is C13H21N3O3S. The highest BCUT2D eigenvalue weighted by atomic mass is 32.2. The highest BCUT2D eigenvalue weighted by molar-refractivity contribution is 7.91. The average Bonchev–Trinajstić information content (AvgIpc) is 3.14. The van der Waals surface area contributed by atoms with Gasteiger partial charge in [-0.05, 0) is 39.2 Å². The molecule has 6 nitrogen and oxygen atoms in total. The predicted octanol–water partition coefficient (Wildman–Crippen LogP) is -0.0862. The number of carbonyl (C=O) groups excluding carboxylic acids is 1. The van der Waals surface area contributed by atoms with Crippen LogP contribution in [0.15, 0.2) is 0 Å². The molecule has 2 unspecified atom stereocenters. The lowest BCUT2D eigenvalue weighted by molar-refractivity contribution is -0.123. The molecule has 1 heterocycles. The van der Waals surface area contributed by atoms with Crippen LogP contribution in [0.3, 0.4) is 0 Å². The van der Waals surface area contributed by atoms with Crippen LogP contribution in [0.4, 0.5) is 0 Å². The quantitative estimate of drug-likeness (QED) is 0.766. The number of nitrogens with one attached hydrogen (secondary N) is 1. The molecule has 7 heteroatoms. The average molecular weight is 299 g/mol. The van der Waals surface area contributed by atoms with Crippen LogP contribution in [0.1, 0.15) is 26.2 Å². The van der Waals surface area contributed by atoms with Gasteiger partial charge >= 0.3 is 0 Å². The van der Waals surface area contributed by atoms with Crippen molar-refractivity contribution >= 4 is 15.7 Å². The normalized spacial score (nSPS) is 27.8. The van der Waals surface area contributed by atoms with Gasteiger partial charge in [0.05, 0.1) is 24.1 Å². The molecule has 2 aliphatic rings. The van der Waals surface area contributed by atoms with Crippen molar-refractivity contribution in [3.8, 4) is 6.07 Å². The number of nitrogens with zero attached hydrogens (tertiary/aromatic N) is 2. The fourth-order valence-electron chi connectivity index (χ4n) is 2.69. The van der Waals surface area contributed by atoms with E-state index in [2.05, 4.69) is 11.4 Å². The van der Waals surface area contributed by atoms with Gasteiger partial charge in [0.2, 0.25) is 5.91 Å². The van der Waals surface area contributed by atoms with E-state index in [1.165, 1.54) is 0 Å². The molecule has 2 atom stereocenters. The van der Waals surface area contributed by atoms with Gasteiger partial charge in [-0.2, -0.15) is 5.26 Å². The van der Waals surface area contributed by atoms with Crippen molar-refractivity contribution in [1.29, 1.82) is 5.26 Å². The van der Waals surface area contributed by atoms with Crippen LogP contribution in [-0.2, 0) is 14.6 Å². The van der Waals surface area contributed by atoms with Gasteiger partial charge in [0.1, 0.15) is 5.54 Å². The summed E-state index contributed by atoms with van der Waals surface area (Å²) in [5, 5.41) is 12.0. The first-order chi connectivity index (χ1) is 9.26. The van der Waals surface area contributed by atoms with Crippen LogP contribution in [0.2, 0.25) is 0 Å². The Hall–Kier alpha value is -1.13. The summed E-state index contributed by atoms with van der Waals surface area (Å²) in [4.78, 5) is 13.8. The number of hydrogen-bond acceptors (Lipinski definition) is 5. The molecule has 1 aliphatic carbocycles. The molecule has 1 aliphatic heterocycles. The summed E-state index contributed by atoms with van der Waals surface area (Å²) in [7, 11) is -1.19. The van der Waals surface area contributed by atoms with Crippen molar-refractivity contribution < 1.29 is 13.2 Å². The Bertz CT molecular complexity index is 536. The van der Waals surface area contributed by atoms with Gasteiger partial charge in [0, 0.05) is 6.04 Å². The van der Waals surface area contributed by atoms with Crippen LogP contribution in [0.5, 0.6) is 0 Å². The van der Waals surface area contributed by atoms with Crippen molar-refractivity contribution in [3.63, 3.8) is 0 Å².